The molecule has 1 heterocycles. The van der Waals surface area contributed by atoms with Gasteiger partial charge in [-0.1, -0.05) is 15.9 Å². The Morgan fingerprint density at radius 1 is 1.06 bits per heavy atom. The fourth-order valence-electron chi connectivity index (χ4n) is 4.65. The van der Waals surface area contributed by atoms with Gasteiger partial charge >= 0.3 is 0 Å². The molecule has 32 heavy (non-hydrogen) atoms. The zero-order valence-corrected chi connectivity index (χ0v) is 21.6. The number of aryl methyl sites for hydroxylation is 2. The molecule has 4 rings (SSSR count). The third kappa shape index (κ3) is 5.70. The highest BCUT2D eigenvalue weighted by Crippen LogP contribution is 2.29. The lowest BCUT2D eigenvalue weighted by molar-refractivity contribution is 0.387. The van der Waals surface area contributed by atoms with Crippen LogP contribution in [0.2, 0.25) is 0 Å². The number of nitrogens with one attached hydrogen (secondary N) is 3. The molecule has 172 valence electrons. The fraction of sp³-hybridized carbons (Fsp3) is 0.542. The second-order valence-corrected chi connectivity index (χ2v) is 10.4. The van der Waals surface area contributed by atoms with Crippen molar-refractivity contribution in [3.8, 4) is 0 Å². The number of rotatable bonds is 5. The second kappa shape index (κ2) is 10.3. The highest BCUT2D eigenvalue weighted by atomic mass is 79.9. The summed E-state index contributed by atoms with van der Waals surface area (Å²) in [5.74, 6) is 1.86. The molecule has 2 aliphatic carbocycles. The van der Waals surface area contributed by atoms with E-state index < -0.39 is 0 Å². The van der Waals surface area contributed by atoms with Gasteiger partial charge in [0.15, 0.2) is 5.11 Å². The van der Waals surface area contributed by atoms with Gasteiger partial charge in [0.25, 0.3) is 0 Å². The van der Waals surface area contributed by atoms with Crippen LogP contribution in [0.15, 0.2) is 22.7 Å². The van der Waals surface area contributed by atoms with Crippen LogP contribution in [0, 0.1) is 6.92 Å². The fourth-order valence-corrected chi connectivity index (χ4v) is 5.18. The minimum Gasteiger partial charge on any atom is -0.362 e. The summed E-state index contributed by atoms with van der Waals surface area (Å²) in [7, 11) is 4.15. The van der Waals surface area contributed by atoms with Crippen molar-refractivity contribution in [2.24, 2.45) is 0 Å². The summed E-state index contributed by atoms with van der Waals surface area (Å²) in [5.41, 5.74) is 4.76. The molecule has 0 amide bonds. The van der Waals surface area contributed by atoms with E-state index in [-0.39, 0.29) is 0 Å². The molecule has 3 N–H and O–H groups in total. The van der Waals surface area contributed by atoms with Gasteiger partial charge in [0.05, 0.1) is 5.69 Å². The summed E-state index contributed by atoms with van der Waals surface area (Å²) in [4.78, 5) is 11.9. The molecule has 0 radical (unpaired) electrons. The third-order valence-electron chi connectivity index (χ3n) is 6.40. The second-order valence-electron chi connectivity index (χ2n) is 9.15. The van der Waals surface area contributed by atoms with Gasteiger partial charge in [0, 0.05) is 41.9 Å². The van der Waals surface area contributed by atoms with E-state index in [1.807, 2.05) is 12.1 Å². The number of hydrogen-bond acceptors (Lipinski definition) is 5. The number of thiocarbonyl (C=S) groups is 1. The Labute approximate surface area is 205 Å². The van der Waals surface area contributed by atoms with E-state index in [4.69, 9.17) is 22.2 Å². The molecule has 6 nitrogen and oxygen atoms in total. The molecule has 0 saturated heterocycles. The maximum atomic E-state index is 5.55. The Morgan fingerprint density at radius 2 is 1.78 bits per heavy atom. The largest absolute Gasteiger partial charge is 0.362 e. The van der Waals surface area contributed by atoms with Gasteiger partial charge in [0.1, 0.15) is 5.82 Å². The molecular weight excluding hydrogens is 484 g/mol. The summed E-state index contributed by atoms with van der Waals surface area (Å²) in [5, 5.41) is 11.1. The molecule has 1 aromatic heterocycles. The smallest absolute Gasteiger partial charge is 0.225 e. The lowest BCUT2D eigenvalue weighted by Crippen LogP contribution is -2.42. The molecule has 1 aromatic carbocycles. The maximum Gasteiger partial charge on any atom is 0.225 e. The summed E-state index contributed by atoms with van der Waals surface area (Å²) in [6, 6.07) is 6.97. The van der Waals surface area contributed by atoms with Crippen LogP contribution in [0.4, 0.5) is 17.5 Å². The Hall–Kier alpha value is -1.93. The van der Waals surface area contributed by atoms with Crippen molar-refractivity contribution in [2.45, 2.75) is 70.4 Å². The highest BCUT2D eigenvalue weighted by Gasteiger charge is 2.24. The lowest BCUT2D eigenvalue weighted by Gasteiger charge is -2.31. The van der Waals surface area contributed by atoms with Gasteiger partial charge in [-0.25, -0.2) is 4.98 Å². The molecule has 0 atom stereocenters. The van der Waals surface area contributed by atoms with E-state index in [2.05, 4.69) is 63.9 Å². The molecule has 0 aliphatic heterocycles. The van der Waals surface area contributed by atoms with Gasteiger partial charge in [0.2, 0.25) is 5.95 Å². The van der Waals surface area contributed by atoms with Crippen molar-refractivity contribution < 1.29 is 0 Å². The van der Waals surface area contributed by atoms with Crippen molar-refractivity contribution in [1.82, 2.24) is 15.3 Å². The SMILES string of the molecule is Cc1cc(NC(=S)NC2CCC(Nc3nc4c(c(N(C)C)n3)CCCC4)CC2)ccc1Br. The van der Waals surface area contributed by atoms with E-state index in [1.165, 1.54) is 29.7 Å². The topological polar surface area (TPSA) is 65.1 Å². The van der Waals surface area contributed by atoms with E-state index in [0.29, 0.717) is 17.2 Å². The normalized spacial score (nSPS) is 20.2. The minimum atomic E-state index is 0.395. The van der Waals surface area contributed by atoms with Crippen LogP contribution in [-0.2, 0) is 12.8 Å². The van der Waals surface area contributed by atoms with E-state index >= 15 is 0 Å². The molecule has 0 bridgehead atoms. The van der Waals surface area contributed by atoms with Crippen molar-refractivity contribution in [1.29, 1.82) is 0 Å². The molecule has 2 aromatic rings. The van der Waals surface area contributed by atoms with Crippen LogP contribution < -0.4 is 20.9 Å². The minimum absolute atomic E-state index is 0.395. The van der Waals surface area contributed by atoms with Crippen LogP contribution >= 0.6 is 28.1 Å². The number of fused-ring (bicyclic) bond motifs is 1. The maximum absolute atomic E-state index is 5.55. The number of hydrogen-bond donors (Lipinski definition) is 3. The first kappa shape index (κ1) is 23.2. The number of aromatic nitrogens is 2. The average molecular weight is 518 g/mol. The summed E-state index contributed by atoms with van der Waals surface area (Å²) >= 11 is 9.09. The van der Waals surface area contributed by atoms with Gasteiger partial charge in [-0.15, -0.1) is 0 Å². The van der Waals surface area contributed by atoms with Gasteiger partial charge in [-0.2, -0.15) is 4.98 Å². The summed E-state index contributed by atoms with van der Waals surface area (Å²) in [6.07, 6.45) is 8.92. The van der Waals surface area contributed by atoms with Crippen LogP contribution in [0.5, 0.6) is 0 Å². The Kier molecular flexibility index (Phi) is 7.51. The van der Waals surface area contributed by atoms with Gasteiger partial charge < -0.3 is 20.9 Å². The number of halogens is 1. The quantitative estimate of drug-likeness (QED) is 0.471. The molecule has 1 saturated carbocycles. The predicted octanol–water partition coefficient (Wildman–Crippen LogP) is 5.20. The molecule has 0 spiro atoms. The molecular formula is C24H33BrN6S. The van der Waals surface area contributed by atoms with E-state index in [0.717, 1.165) is 60.5 Å². The lowest BCUT2D eigenvalue weighted by atomic mass is 9.91. The Morgan fingerprint density at radius 3 is 2.50 bits per heavy atom. The first-order valence-electron chi connectivity index (χ1n) is 11.6. The van der Waals surface area contributed by atoms with Crippen molar-refractivity contribution in [3.63, 3.8) is 0 Å². The zero-order valence-electron chi connectivity index (χ0n) is 19.2. The van der Waals surface area contributed by atoms with Crippen LogP contribution in [-0.4, -0.2) is 41.3 Å². The monoisotopic (exact) mass is 516 g/mol. The number of benzene rings is 1. The summed E-state index contributed by atoms with van der Waals surface area (Å²) in [6.45, 7) is 2.08. The summed E-state index contributed by atoms with van der Waals surface area (Å²) < 4.78 is 1.10. The standard InChI is InChI=1S/C24H33BrN6S/c1-15-14-18(12-13-20(15)25)28-24(32)27-17-10-8-16(9-11-17)26-23-29-21-7-5-4-6-19(21)22(30-23)31(2)3/h12-14,16-17H,4-11H2,1-3H3,(H,26,29,30)(H2,27,28,32). The van der Waals surface area contributed by atoms with Gasteiger partial charge in [-0.3, -0.25) is 0 Å². The van der Waals surface area contributed by atoms with Crippen LogP contribution in [0.25, 0.3) is 0 Å². The first-order valence-corrected chi connectivity index (χ1v) is 12.8. The van der Waals surface area contributed by atoms with Gasteiger partial charge in [-0.05, 0) is 94.3 Å². The number of nitrogens with zero attached hydrogens (tertiary/aromatic N) is 3. The average Bonchev–Trinajstić information content (AvgIpc) is 2.77. The van der Waals surface area contributed by atoms with Crippen molar-refractivity contribution in [2.75, 3.05) is 29.6 Å². The zero-order chi connectivity index (χ0) is 22.7. The molecule has 1 fully saturated rings. The Balaban J connectivity index is 1.30. The number of anilines is 3. The molecule has 2 aliphatic rings. The van der Waals surface area contributed by atoms with Crippen molar-refractivity contribution in [3.05, 3.63) is 39.5 Å². The predicted molar refractivity (Wildman–Crippen MR) is 141 cm³/mol. The molecule has 0 unspecified atom stereocenters. The van der Waals surface area contributed by atoms with Crippen LogP contribution in [0.1, 0.15) is 55.3 Å². The van der Waals surface area contributed by atoms with E-state index in [1.54, 1.807) is 0 Å². The Bertz CT molecular complexity index is 971. The highest BCUT2D eigenvalue weighted by molar-refractivity contribution is 9.10. The van der Waals surface area contributed by atoms with Crippen LogP contribution in [0.3, 0.4) is 0 Å². The first-order chi connectivity index (χ1) is 15.4. The van der Waals surface area contributed by atoms with Crippen molar-refractivity contribution >= 4 is 50.7 Å². The van der Waals surface area contributed by atoms with E-state index in [9.17, 15) is 0 Å². The third-order valence-corrected chi connectivity index (χ3v) is 7.51. The molecule has 8 heteroatoms.